The third kappa shape index (κ3) is 3.91. The highest BCUT2D eigenvalue weighted by molar-refractivity contribution is 5.95. The maximum Gasteiger partial charge on any atom is 0.254 e. The number of nitrogens with zero attached hydrogens (tertiary/aromatic N) is 2. The Morgan fingerprint density at radius 2 is 1.81 bits per heavy atom. The summed E-state index contributed by atoms with van der Waals surface area (Å²) in [5.41, 5.74) is 3.23. The maximum atomic E-state index is 13.1. The topological polar surface area (TPSA) is 23.6 Å². The van der Waals surface area contributed by atoms with E-state index in [4.69, 9.17) is 0 Å². The second kappa shape index (κ2) is 7.43. The molecule has 0 radical (unpaired) electrons. The van der Waals surface area contributed by atoms with Crippen LogP contribution in [0.25, 0.3) is 0 Å². The molecule has 1 spiro atoms. The van der Waals surface area contributed by atoms with E-state index in [9.17, 15) is 9.18 Å². The smallest absolute Gasteiger partial charge is 0.254 e. The average Bonchev–Trinajstić information content (AvgIpc) is 3.07. The van der Waals surface area contributed by atoms with E-state index in [0.29, 0.717) is 0 Å². The minimum absolute atomic E-state index is 0.167. The van der Waals surface area contributed by atoms with Gasteiger partial charge in [0, 0.05) is 37.2 Å². The summed E-state index contributed by atoms with van der Waals surface area (Å²) in [4.78, 5) is 17.5. The number of amides is 1. The van der Waals surface area contributed by atoms with Gasteiger partial charge in [-0.1, -0.05) is 30.3 Å². The van der Waals surface area contributed by atoms with Crippen molar-refractivity contribution < 1.29 is 9.18 Å². The summed E-state index contributed by atoms with van der Waals surface area (Å²) >= 11 is 0. The Kier molecular flexibility index (Phi) is 5.00. The molecule has 0 aromatic heterocycles. The minimum Gasteiger partial charge on any atom is -0.338 e. The van der Waals surface area contributed by atoms with Gasteiger partial charge in [-0.15, -0.1) is 0 Å². The van der Waals surface area contributed by atoms with E-state index in [-0.39, 0.29) is 17.1 Å². The lowest BCUT2D eigenvalue weighted by molar-refractivity contribution is 0.0675. The molecule has 27 heavy (non-hydrogen) atoms. The molecule has 0 aliphatic carbocycles. The number of aryl methyl sites for hydroxylation is 1. The van der Waals surface area contributed by atoms with Crippen molar-refractivity contribution in [1.29, 1.82) is 0 Å². The SMILES string of the molecule is Cc1ccccc1C(=O)N1CC[C@@]2(CCCN(Cc3ccc(F)cc3)C2)C1. The molecule has 2 aromatic rings. The Morgan fingerprint density at radius 3 is 2.59 bits per heavy atom. The standard InChI is InChI=1S/C23H27FN2O/c1-18-5-2-3-6-21(18)22(27)26-14-12-23(17-26)11-4-13-25(16-23)15-19-7-9-20(24)10-8-19/h2-3,5-10H,4,11-17H2,1H3/t23-/m1/s1. The molecule has 1 amide bonds. The van der Waals surface area contributed by atoms with Crippen LogP contribution in [0, 0.1) is 18.2 Å². The molecule has 2 aliphatic rings. The number of carbonyl (C=O) groups excluding carboxylic acids is 1. The second-order valence-corrected chi connectivity index (χ2v) is 8.23. The van der Waals surface area contributed by atoms with Gasteiger partial charge in [0.05, 0.1) is 0 Å². The number of hydrogen-bond donors (Lipinski definition) is 0. The van der Waals surface area contributed by atoms with Gasteiger partial charge in [0.25, 0.3) is 5.91 Å². The van der Waals surface area contributed by atoms with Crippen molar-refractivity contribution in [2.75, 3.05) is 26.2 Å². The normalized spacial score (nSPS) is 23.1. The van der Waals surface area contributed by atoms with E-state index in [2.05, 4.69) is 4.90 Å². The molecule has 2 saturated heterocycles. The molecule has 0 bridgehead atoms. The van der Waals surface area contributed by atoms with Crippen molar-refractivity contribution in [2.45, 2.75) is 32.7 Å². The Balaban J connectivity index is 1.42. The lowest BCUT2D eigenvalue weighted by atomic mass is 9.79. The molecule has 2 fully saturated rings. The molecule has 2 aromatic carbocycles. The van der Waals surface area contributed by atoms with E-state index in [1.165, 1.54) is 18.6 Å². The Bertz CT molecular complexity index is 819. The van der Waals surface area contributed by atoms with Crippen LogP contribution in [0.15, 0.2) is 48.5 Å². The molecule has 3 nitrogen and oxygen atoms in total. The first kappa shape index (κ1) is 18.2. The predicted octanol–water partition coefficient (Wildman–Crippen LogP) is 4.26. The fraction of sp³-hybridized carbons (Fsp3) is 0.435. The van der Waals surface area contributed by atoms with Gasteiger partial charge in [-0.3, -0.25) is 9.69 Å². The Morgan fingerprint density at radius 1 is 1.04 bits per heavy atom. The number of halogens is 1. The fourth-order valence-corrected chi connectivity index (χ4v) is 4.72. The van der Waals surface area contributed by atoms with Crippen LogP contribution < -0.4 is 0 Å². The highest BCUT2D eigenvalue weighted by atomic mass is 19.1. The molecule has 142 valence electrons. The van der Waals surface area contributed by atoms with Gasteiger partial charge in [-0.25, -0.2) is 4.39 Å². The zero-order valence-electron chi connectivity index (χ0n) is 16.0. The zero-order chi connectivity index (χ0) is 18.9. The fourth-order valence-electron chi connectivity index (χ4n) is 4.72. The molecule has 2 aliphatic heterocycles. The largest absolute Gasteiger partial charge is 0.338 e. The van der Waals surface area contributed by atoms with Crippen LogP contribution in [-0.2, 0) is 6.54 Å². The first-order valence-electron chi connectivity index (χ1n) is 9.86. The van der Waals surface area contributed by atoms with Gasteiger partial charge >= 0.3 is 0 Å². The number of rotatable bonds is 3. The highest BCUT2D eigenvalue weighted by Crippen LogP contribution is 2.40. The summed E-state index contributed by atoms with van der Waals surface area (Å²) in [6.45, 7) is 6.64. The molecule has 4 rings (SSSR count). The van der Waals surface area contributed by atoms with Crippen LogP contribution in [-0.4, -0.2) is 41.9 Å². The Hall–Kier alpha value is -2.20. The quantitative estimate of drug-likeness (QED) is 0.810. The number of benzene rings is 2. The summed E-state index contributed by atoms with van der Waals surface area (Å²) in [5.74, 6) is -0.0179. The van der Waals surface area contributed by atoms with E-state index >= 15 is 0 Å². The maximum absolute atomic E-state index is 13.1. The van der Waals surface area contributed by atoms with Gasteiger partial charge < -0.3 is 4.90 Å². The molecule has 4 heteroatoms. The van der Waals surface area contributed by atoms with Gasteiger partial charge in [0.15, 0.2) is 0 Å². The van der Waals surface area contributed by atoms with Crippen LogP contribution in [0.5, 0.6) is 0 Å². The van der Waals surface area contributed by atoms with E-state index in [1.54, 1.807) is 0 Å². The first-order chi connectivity index (χ1) is 13.0. The summed E-state index contributed by atoms with van der Waals surface area (Å²) < 4.78 is 13.1. The Labute approximate surface area is 160 Å². The summed E-state index contributed by atoms with van der Waals surface area (Å²) in [7, 11) is 0. The molecule has 0 N–H and O–H groups in total. The lowest BCUT2D eigenvalue weighted by Crippen LogP contribution is -2.45. The minimum atomic E-state index is -0.185. The molecule has 1 atom stereocenters. The van der Waals surface area contributed by atoms with Crippen LogP contribution in [0.1, 0.15) is 40.7 Å². The van der Waals surface area contributed by atoms with Crippen LogP contribution in [0.3, 0.4) is 0 Å². The summed E-state index contributed by atoms with van der Waals surface area (Å²) in [6, 6.07) is 14.7. The zero-order valence-corrected chi connectivity index (χ0v) is 16.0. The van der Waals surface area contributed by atoms with Crippen molar-refractivity contribution >= 4 is 5.91 Å². The number of hydrogen-bond acceptors (Lipinski definition) is 2. The molecular weight excluding hydrogens is 339 g/mol. The number of likely N-dealkylation sites (tertiary alicyclic amines) is 2. The third-order valence-electron chi connectivity index (χ3n) is 6.16. The van der Waals surface area contributed by atoms with E-state index in [0.717, 1.165) is 62.3 Å². The van der Waals surface area contributed by atoms with Gasteiger partial charge in [-0.05, 0) is 62.1 Å². The van der Waals surface area contributed by atoms with Crippen molar-refractivity contribution in [3.63, 3.8) is 0 Å². The summed E-state index contributed by atoms with van der Waals surface area (Å²) in [5, 5.41) is 0. The first-order valence-corrected chi connectivity index (χ1v) is 9.86. The number of carbonyl (C=O) groups is 1. The molecule has 0 saturated carbocycles. The van der Waals surface area contributed by atoms with Crippen molar-refractivity contribution in [2.24, 2.45) is 5.41 Å². The lowest BCUT2D eigenvalue weighted by Gasteiger charge is -2.40. The van der Waals surface area contributed by atoms with Gasteiger partial charge in [0.2, 0.25) is 0 Å². The predicted molar refractivity (Wildman–Crippen MR) is 105 cm³/mol. The van der Waals surface area contributed by atoms with E-state index < -0.39 is 0 Å². The average molecular weight is 366 g/mol. The van der Waals surface area contributed by atoms with Crippen LogP contribution in [0.2, 0.25) is 0 Å². The molecule has 2 heterocycles. The summed E-state index contributed by atoms with van der Waals surface area (Å²) in [6.07, 6.45) is 3.42. The van der Waals surface area contributed by atoms with Gasteiger partial charge in [-0.2, -0.15) is 0 Å². The van der Waals surface area contributed by atoms with Crippen molar-refractivity contribution in [3.05, 3.63) is 71.0 Å². The second-order valence-electron chi connectivity index (χ2n) is 8.23. The van der Waals surface area contributed by atoms with Crippen molar-refractivity contribution in [3.8, 4) is 0 Å². The van der Waals surface area contributed by atoms with Crippen LogP contribution >= 0.6 is 0 Å². The van der Waals surface area contributed by atoms with E-state index in [1.807, 2.05) is 48.2 Å². The third-order valence-corrected chi connectivity index (χ3v) is 6.16. The number of piperidine rings is 1. The van der Waals surface area contributed by atoms with Gasteiger partial charge in [0.1, 0.15) is 5.82 Å². The monoisotopic (exact) mass is 366 g/mol. The van der Waals surface area contributed by atoms with Crippen LogP contribution in [0.4, 0.5) is 4.39 Å². The van der Waals surface area contributed by atoms with Crippen molar-refractivity contribution in [1.82, 2.24) is 9.80 Å². The highest BCUT2D eigenvalue weighted by Gasteiger charge is 2.42. The molecule has 0 unspecified atom stereocenters. The molecular formula is C23H27FN2O.